The fraction of sp³-hybridized carbons (Fsp3) is 0.143. The third-order valence-electron chi connectivity index (χ3n) is 4.76. The maximum atomic E-state index is 12.9. The largest absolute Gasteiger partial charge is 0.423 e. The number of anilines is 1. The van der Waals surface area contributed by atoms with Gasteiger partial charge in [-0.3, -0.25) is 4.79 Å². The monoisotopic (exact) mass is 372 g/mol. The number of amides is 1. The zero-order valence-electron chi connectivity index (χ0n) is 14.8. The first-order chi connectivity index (χ1) is 13.7. The Balaban J connectivity index is 1.48. The lowest BCUT2D eigenvalue weighted by atomic mass is 10.2. The van der Waals surface area contributed by atoms with Crippen LogP contribution in [0.5, 0.6) is 0 Å². The minimum atomic E-state index is -0.407. The predicted octanol–water partition coefficient (Wildman–Crippen LogP) is 3.50. The highest BCUT2D eigenvalue weighted by Crippen LogP contribution is 2.42. The topological polar surface area (TPSA) is 90.0 Å². The Labute approximate surface area is 159 Å². The van der Waals surface area contributed by atoms with Crippen LogP contribution >= 0.6 is 0 Å². The number of aromatic nitrogens is 3. The molecule has 0 atom stereocenters. The molecule has 0 bridgehead atoms. The normalized spacial score (nSPS) is 13.6. The molecule has 2 aromatic carbocycles. The molecule has 0 spiro atoms. The van der Waals surface area contributed by atoms with Gasteiger partial charge in [0.1, 0.15) is 5.58 Å². The highest BCUT2D eigenvalue weighted by atomic mass is 16.4. The fourth-order valence-corrected chi connectivity index (χ4v) is 3.27. The summed E-state index contributed by atoms with van der Waals surface area (Å²) in [6.45, 7) is 0. The second-order valence-electron chi connectivity index (χ2n) is 6.81. The SMILES string of the molecule is O=C(Nc1ccc2oc(=O)ccc2c1)c1nnn(-c2ccccc2)c1C1CC1. The lowest BCUT2D eigenvalue weighted by molar-refractivity contribution is 0.102. The molecule has 5 rings (SSSR count). The van der Waals surface area contributed by atoms with Gasteiger partial charge in [-0.1, -0.05) is 23.4 Å². The van der Waals surface area contributed by atoms with Crippen molar-refractivity contribution in [3.8, 4) is 5.69 Å². The first-order valence-electron chi connectivity index (χ1n) is 9.05. The summed E-state index contributed by atoms with van der Waals surface area (Å²) in [6.07, 6.45) is 2.05. The van der Waals surface area contributed by atoms with Gasteiger partial charge >= 0.3 is 5.63 Å². The zero-order valence-corrected chi connectivity index (χ0v) is 14.8. The summed E-state index contributed by atoms with van der Waals surface area (Å²) in [4.78, 5) is 24.2. The van der Waals surface area contributed by atoms with Gasteiger partial charge in [-0.05, 0) is 49.2 Å². The summed E-state index contributed by atoms with van der Waals surface area (Å²) >= 11 is 0. The van der Waals surface area contributed by atoms with E-state index in [9.17, 15) is 9.59 Å². The van der Waals surface area contributed by atoms with E-state index in [2.05, 4.69) is 15.6 Å². The van der Waals surface area contributed by atoms with Gasteiger partial charge in [0, 0.05) is 23.1 Å². The smallest absolute Gasteiger partial charge is 0.336 e. The molecule has 1 amide bonds. The van der Waals surface area contributed by atoms with Crippen molar-refractivity contribution in [1.29, 1.82) is 0 Å². The molecular formula is C21H16N4O3. The molecule has 0 unspecified atom stereocenters. The van der Waals surface area contributed by atoms with Gasteiger partial charge in [-0.25, -0.2) is 9.48 Å². The van der Waals surface area contributed by atoms with E-state index in [4.69, 9.17) is 4.42 Å². The van der Waals surface area contributed by atoms with Crippen LogP contribution in [0.25, 0.3) is 16.7 Å². The molecule has 1 aliphatic rings. The number of hydrogen-bond acceptors (Lipinski definition) is 5. The van der Waals surface area contributed by atoms with E-state index in [0.29, 0.717) is 22.9 Å². The molecule has 4 aromatic rings. The van der Waals surface area contributed by atoms with E-state index in [1.165, 1.54) is 6.07 Å². The zero-order chi connectivity index (χ0) is 19.1. The molecule has 138 valence electrons. The molecule has 1 saturated carbocycles. The maximum Gasteiger partial charge on any atom is 0.336 e. The second-order valence-corrected chi connectivity index (χ2v) is 6.81. The van der Waals surface area contributed by atoms with Crippen molar-refractivity contribution in [2.24, 2.45) is 0 Å². The molecule has 1 N–H and O–H groups in total. The maximum absolute atomic E-state index is 12.9. The van der Waals surface area contributed by atoms with E-state index in [-0.39, 0.29) is 5.91 Å². The van der Waals surface area contributed by atoms with Gasteiger partial charge in [0.15, 0.2) is 5.69 Å². The van der Waals surface area contributed by atoms with Crippen LogP contribution < -0.4 is 10.9 Å². The Bertz CT molecular complexity index is 1240. The van der Waals surface area contributed by atoms with Crippen LogP contribution in [0.3, 0.4) is 0 Å². The van der Waals surface area contributed by atoms with Crippen molar-refractivity contribution in [1.82, 2.24) is 15.0 Å². The Kier molecular flexibility index (Phi) is 3.79. The first kappa shape index (κ1) is 16.4. The van der Waals surface area contributed by atoms with Gasteiger partial charge in [-0.15, -0.1) is 5.10 Å². The molecule has 0 saturated heterocycles. The summed E-state index contributed by atoms with van der Waals surface area (Å²) in [6, 6.07) is 17.8. The fourth-order valence-electron chi connectivity index (χ4n) is 3.27. The number of rotatable bonds is 4. The second kappa shape index (κ2) is 6.45. The van der Waals surface area contributed by atoms with Crippen molar-refractivity contribution in [3.63, 3.8) is 0 Å². The summed E-state index contributed by atoms with van der Waals surface area (Å²) in [7, 11) is 0. The van der Waals surface area contributed by atoms with Gasteiger partial charge in [-0.2, -0.15) is 0 Å². The van der Waals surface area contributed by atoms with Crippen LogP contribution in [0.4, 0.5) is 5.69 Å². The number of carbonyl (C=O) groups is 1. The third kappa shape index (κ3) is 2.96. The minimum Gasteiger partial charge on any atom is -0.423 e. The number of nitrogens with zero attached hydrogens (tertiary/aromatic N) is 3. The molecule has 0 aliphatic heterocycles. The number of fused-ring (bicyclic) bond motifs is 1. The van der Waals surface area contributed by atoms with Crippen LogP contribution in [0.2, 0.25) is 0 Å². The summed E-state index contributed by atoms with van der Waals surface area (Å²) in [5.74, 6) is -0.0114. The van der Waals surface area contributed by atoms with E-state index >= 15 is 0 Å². The van der Waals surface area contributed by atoms with E-state index in [1.807, 2.05) is 30.3 Å². The summed E-state index contributed by atoms with van der Waals surface area (Å²) in [5, 5.41) is 12.0. The van der Waals surface area contributed by atoms with Crippen molar-refractivity contribution in [2.75, 3.05) is 5.32 Å². The average molecular weight is 372 g/mol. The number of nitrogens with one attached hydrogen (secondary N) is 1. The Morgan fingerprint density at radius 1 is 1.07 bits per heavy atom. The van der Waals surface area contributed by atoms with Crippen LogP contribution in [0.15, 0.2) is 69.9 Å². The van der Waals surface area contributed by atoms with E-state index in [0.717, 1.165) is 29.6 Å². The molecule has 7 heteroatoms. The number of carbonyl (C=O) groups excluding carboxylic acids is 1. The molecule has 0 radical (unpaired) electrons. The Hall–Kier alpha value is -3.74. The van der Waals surface area contributed by atoms with Crippen LogP contribution in [-0.2, 0) is 0 Å². The molecular weight excluding hydrogens is 356 g/mol. The molecule has 28 heavy (non-hydrogen) atoms. The molecule has 2 heterocycles. The highest BCUT2D eigenvalue weighted by Gasteiger charge is 2.34. The van der Waals surface area contributed by atoms with Gasteiger partial charge in [0.25, 0.3) is 5.91 Å². The molecule has 7 nitrogen and oxygen atoms in total. The van der Waals surface area contributed by atoms with Gasteiger partial charge < -0.3 is 9.73 Å². The minimum absolute atomic E-state index is 0.293. The standard InChI is InChI=1S/C21H16N4O3/c26-18-11-8-14-12-15(9-10-17(14)28-18)22-21(27)19-20(13-6-7-13)25(24-23-19)16-4-2-1-3-5-16/h1-5,8-13H,6-7H2,(H,22,27). The highest BCUT2D eigenvalue weighted by molar-refractivity contribution is 6.04. The van der Waals surface area contributed by atoms with Crippen LogP contribution in [-0.4, -0.2) is 20.9 Å². The molecule has 2 aromatic heterocycles. The lowest BCUT2D eigenvalue weighted by Gasteiger charge is -2.08. The van der Waals surface area contributed by atoms with Crippen LogP contribution in [0.1, 0.15) is 34.9 Å². The van der Waals surface area contributed by atoms with E-state index in [1.54, 1.807) is 28.9 Å². The van der Waals surface area contributed by atoms with Crippen molar-refractivity contribution in [2.45, 2.75) is 18.8 Å². The van der Waals surface area contributed by atoms with Gasteiger partial charge in [0.2, 0.25) is 0 Å². The van der Waals surface area contributed by atoms with Crippen molar-refractivity contribution >= 4 is 22.6 Å². The average Bonchev–Trinajstić information content (AvgIpc) is 3.46. The van der Waals surface area contributed by atoms with Crippen molar-refractivity contribution in [3.05, 3.63) is 82.5 Å². The van der Waals surface area contributed by atoms with Gasteiger partial charge in [0.05, 0.1) is 11.4 Å². The summed E-state index contributed by atoms with van der Waals surface area (Å²) in [5.41, 5.74) is 2.73. The van der Waals surface area contributed by atoms with Crippen molar-refractivity contribution < 1.29 is 9.21 Å². The summed E-state index contributed by atoms with van der Waals surface area (Å²) < 4.78 is 6.88. The molecule has 1 fully saturated rings. The molecule has 1 aliphatic carbocycles. The third-order valence-corrected chi connectivity index (χ3v) is 4.76. The number of hydrogen-bond donors (Lipinski definition) is 1. The first-order valence-corrected chi connectivity index (χ1v) is 9.05. The number of para-hydroxylation sites is 1. The lowest BCUT2D eigenvalue weighted by Crippen LogP contribution is -2.15. The predicted molar refractivity (Wildman–Crippen MR) is 104 cm³/mol. The Morgan fingerprint density at radius 2 is 1.89 bits per heavy atom. The Morgan fingerprint density at radius 3 is 2.68 bits per heavy atom. The number of benzene rings is 2. The quantitative estimate of drug-likeness (QED) is 0.554. The van der Waals surface area contributed by atoms with Crippen LogP contribution in [0, 0.1) is 0 Å². The van der Waals surface area contributed by atoms with E-state index < -0.39 is 5.63 Å².